The standard InChI is InChI=1S/C20H25N3O3S/c1-25-13-7-8-18(26-2)14(10-13)17-11-27-20(22-17)23-19(24)16-9-12-5-3-4-6-15(12)21-16/h7-8,10-12,15-16,21H,3-6,9H2,1-2H3,(H,22,23,24). The predicted octanol–water partition coefficient (Wildman–Crippen LogP) is 3.69. The first-order valence-electron chi connectivity index (χ1n) is 9.42. The lowest BCUT2D eigenvalue weighted by atomic mass is 9.85. The number of benzene rings is 1. The molecule has 6 nitrogen and oxygen atoms in total. The van der Waals surface area contributed by atoms with E-state index in [2.05, 4.69) is 15.6 Å². The molecule has 2 N–H and O–H groups in total. The third-order valence-corrected chi connectivity index (χ3v) is 6.35. The van der Waals surface area contributed by atoms with Crippen LogP contribution in [0.4, 0.5) is 5.13 Å². The highest BCUT2D eigenvalue weighted by molar-refractivity contribution is 7.14. The van der Waals surface area contributed by atoms with E-state index in [0.29, 0.717) is 17.1 Å². The molecule has 3 unspecified atom stereocenters. The largest absolute Gasteiger partial charge is 0.497 e. The molecule has 1 aliphatic carbocycles. The molecule has 1 aliphatic heterocycles. The van der Waals surface area contributed by atoms with E-state index in [9.17, 15) is 4.79 Å². The fraction of sp³-hybridized carbons (Fsp3) is 0.500. The lowest BCUT2D eigenvalue weighted by Gasteiger charge is -2.24. The van der Waals surface area contributed by atoms with E-state index in [4.69, 9.17) is 9.47 Å². The number of carbonyl (C=O) groups excluding carboxylic acids is 1. The molecular weight excluding hydrogens is 362 g/mol. The van der Waals surface area contributed by atoms with Crippen LogP contribution in [0.25, 0.3) is 11.3 Å². The minimum atomic E-state index is -0.114. The summed E-state index contributed by atoms with van der Waals surface area (Å²) in [4.78, 5) is 17.3. The summed E-state index contributed by atoms with van der Waals surface area (Å²) in [7, 11) is 3.26. The number of anilines is 1. The van der Waals surface area contributed by atoms with E-state index in [-0.39, 0.29) is 11.9 Å². The monoisotopic (exact) mass is 387 g/mol. The summed E-state index contributed by atoms with van der Waals surface area (Å²) >= 11 is 1.42. The Morgan fingerprint density at radius 1 is 1.26 bits per heavy atom. The average Bonchev–Trinajstić information content (AvgIpc) is 3.34. The number of nitrogens with one attached hydrogen (secondary N) is 2. The van der Waals surface area contributed by atoms with E-state index in [1.54, 1.807) is 14.2 Å². The number of nitrogens with zero attached hydrogens (tertiary/aromatic N) is 1. The minimum absolute atomic E-state index is 0.0166. The molecule has 4 rings (SSSR count). The van der Waals surface area contributed by atoms with Gasteiger partial charge < -0.3 is 20.1 Å². The van der Waals surface area contributed by atoms with E-state index in [0.717, 1.165) is 29.2 Å². The van der Waals surface area contributed by atoms with Crippen LogP contribution < -0.4 is 20.1 Å². The summed E-state index contributed by atoms with van der Waals surface area (Å²) in [6, 6.07) is 5.99. The zero-order valence-electron chi connectivity index (χ0n) is 15.7. The summed E-state index contributed by atoms with van der Waals surface area (Å²) in [5, 5.41) is 9.03. The Morgan fingerprint density at radius 2 is 2.11 bits per heavy atom. The second-order valence-corrected chi connectivity index (χ2v) is 8.06. The van der Waals surface area contributed by atoms with Crippen molar-refractivity contribution in [3.8, 4) is 22.8 Å². The van der Waals surface area contributed by atoms with Crippen LogP contribution in [0.15, 0.2) is 23.6 Å². The molecule has 27 heavy (non-hydrogen) atoms. The average molecular weight is 388 g/mol. The van der Waals surface area contributed by atoms with Crippen LogP contribution in [0.5, 0.6) is 11.5 Å². The number of fused-ring (bicyclic) bond motifs is 1. The number of hydrogen-bond acceptors (Lipinski definition) is 6. The number of ether oxygens (including phenoxy) is 2. The molecule has 0 bridgehead atoms. The van der Waals surface area contributed by atoms with Gasteiger partial charge >= 0.3 is 0 Å². The number of carbonyl (C=O) groups is 1. The molecule has 2 aliphatic rings. The van der Waals surface area contributed by atoms with Crippen molar-refractivity contribution in [3.05, 3.63) is 23.6 Å². The number of thiazole rings is 1. The molecule has 0 radical (unpaired) electrons. The molecule has 1 aromatic carbocycles. The van der Waals surface area contributed by atoms with Gasteiger partial charge in [0, 0.05) is 17.0 Å². The quantitative estimate of drug-likeness (QED) is 0.819. The third kappa shape index (κ3) is 3.80. The van der Waals surface area contributed by atoms with E-state index in [1.165, 1.54) is 37.0 Å². The first-order valence-corrected chi connectivity index (χ1v) is 10.3. The van der Waals surface area contributed by atoms with Crippen LogP contribution in [0, 0.1) is 5.92 Å². The molecule has 2 fully saturated rings. The number of aromatic nitrogens is 1. The second-order valence-electron chi connectivity index (χ2n) is 7.20. The van der Waals surface area contributed by atoms with Crippen LogP contribution in [-0.2, 0) is 4.79 Å². The highest BCUT2D eigenvalue weighted by atomic mass is 32.1. The van der Waals surface area contributed by atoms with Crippen LogP contribution in [0.1, 0.15) is 32.1 Å². The van der Waals surface area contributed by atoms with Gasteiger partial charge in [-0.05, 0) is 43.4 Å². The summed E-state index contributed by atoms with van der Waals surface area (Å²) in [6.07, 6.45) is 5.90. The van der Waals surface area contributed by atoms with Crippen molar-refractivity contribution in [1.29, 1.82) is 0 Å². The topological polar surface area (TPSA) is 72.5 Å². The second kappa shape index (κ2) is 7.86. The normalized spacial score (nSPS) is 24.3. The van der Waals surface area contributed by atoms with Gasteiger partial charge in [0.15, 0.2) is 5.13 Å². The number of methoxy groups -OCH3 is 2. The lowest BCUT2D eigenvalue weighted by molar-refractivity contribution is -0.117. The molecule has 1 amide bonds. The summed E-state index contributed by atoms with van der Waals surface area (Å²) in [6.45, 7) is 0. The maximum Gasteiger partial charge on any atom is 0.243 e. The minimum Gasteiger partial charge on any atom is -0.497 e. The fourth-order valence-electron chi connectivity index (χ4n) is 4.18. The summed E-state index contributed by atoms with van der Waals surface area (Å²) < 4.78 is 10.7. The molecule has 0 spiro atoms. The van der Waals surface area contributed by atoms with Crippen molar-refractivity contribution in [2.45, 2.75) is 44.2 Å². The van der Waals surface area contributed by atoms with Crippen LogP contribution >= 0.6 is 11.3 Å². The highest BCUT2D eigenvalue weighted by Crippen LogP contribution is 2.36. The van der Waals surface area contributed by atoms with Crippen molar-refractivity contribution in [2.75, 3.05) is 19.5 Å². The van der Waals surface area contributed by atoms with E-state index < -0.39 is 0 Å². The number of hydrogen-bond donors (Lipinski definition) is 2. The molecular formula is C20H25N3O3S. The van der Waals surface area contributed by atoms with Crippen molar-refractivity contribution < 1.29 is 14.3 Å². The fourth-order valence-corrected chi connectivity index (χ4v) is 4.90. The molecule has 7 heteroatoms. The molecule has 2 aromatic rings. The van der Waals surface area contributed by atoms with Gasteiger partial charge in [0.1, 0.15) is 11.5 Å². The Kier molecular flexibility index (Phi) is 5.31. The third-order valence-electron chi connectivity index (χ3n) is 5.60. The Balaban J connectivity index is 1.46. The van der Waals surface area contributed by atoms with Gasteiger partial charge in [0.25, 0.3) is 0 Å². The SMILES string of the molecule is COc1ccc(OC)c(-c2csc(NC(=O)C3CC4CCCCC4N3)n2)c1. The number of rotatable bonds is 5. The van der Waals surface area contributed by atoms with Crippen molar-refractivity contribution in [2.24, 2.45) is 5.92 Å². The van der Waals surface area contributed by atoms with Crippen molar-refractivity contribution in [3.63, 3.8) is 0 Å². The smallest absolute Gasteiger partial charge is 0.243 e. The molecule has 1 saturated heterocycles. The maximum atomic E-state index is 12.7. The van der Waals surface area contributed by atoms with Gasteiger partial charge in [-0.15, -0.1) is 11.3 Å². The predicted molar refractivity (Wildman–Crippen MR) is 107 cm³/mol. The Bertz CT molecular complexity index is 809. The first kappa shape index (κ1) is 18.3. The molecule has 3 atom stereocenters. The van der Waals surface area contributed by atoms with Crippen LogP contribution in [0.2, 0.25) is 0 Å². The van der Waals surface area contributed by atoms with Crippen molar-refractivity contribution in [1.82, 2.24) is 10.3 Å². The Morgan fingerprint density at radius 3 is 2.89 bits per heavy atom. The van der Waals surface area contributed by atoms with Crippen molar-refractivity contribution >= 4 is 22.4 Å². The molecule has 1 aromatic heterocycles. The molecule has 1 saturated carbocycles. The molecule has 2 heterocycles. The van der Waals surface area contributed by atoms with E-state index in [1.807, 2.05) is 23.6 Å². The van der Waals surface area contributed by atoms with Crippen LogP contribution in [0.3, 0.4) is 0 Å². The summed E-state index contributed by atoms with van der Waals surface area (Å²) in [5.41, 5.74) is 1.61. The number of amides is 1. The molecule has 144 valence electrons. The first-order chi connectivity index (χ1) is 13.2. The van der Waals surface area contributed by atoms with Crippen LogP contribution in [-0.4, -0.2) is 37.2 Å². The zero-order valence-corrected chi connectivity index (χ0v) is 16.5. The summed E-state index contributed by atoms with van der Waals surface area (Å²) in [5.74, 6) is 2.12. The van der Waals surface area contributed by atoms with Gasteiger partial charge in [0.2, 0.25) is 5.91 Å². The maximum absolute atomic E-state index is 12.7. The van der Waals surface area contributed by atoms with Gasteiger partial charge in [0.05, 0.1) is 26.0 Å². The van der Waals surface area contributed by atoms with Gasteiger partial charge in [-0.1, -0.05) is 12.8 Å². The lowest BCUT2D eigenvalue weighted by Crippen LogP contribution is -2.39. The van der Waals surface area contributed by atoms with Gasteiger partial charge in [-0.2, -0.15) is 0 Å². The van der Waals surface area contributed by atoms with Gasteiger partial charge in [-0.3, -0.25) is 4.79 Å². The van der Waals surface area contributed by atoms with E-state index >= 15 is 0 Å². The Hall–Kier alpha value is -2.12. The van der Waals surface area contributed by atoms with Gasteiger partial charge in [-0.25, -0.2) is 4.98 Å². The highest BCUT2D eigenvalue weighted by Gasteiger charge is 2.38. The Labute approximate surface area is 163 Å². The zero-order chi connectivity index (χ0) is 18.8.